The second-order valence-electron chi connectivity index (χ2n) is 6.38. The van der Waals surface area contributed by atoms with Gasteiger partial charge in [-0.25, -0.2) is 4.39 Å². The summed E-state index contributed by atoms with van der Waals surface area (Å²) < 4.78 is 13.6. The van der Waals surface area contributed by atoms with Gasteiger partial charge in [0.05, 0.1) is 13.1 Å². The summed E-state index contributed by atoms with van der Waals surface area (Å²) in [6, 6.07) is 4.39. The third-order valence-corrected chi connectivity index (χ3v) is 4.28. The normalized spacial score (nSPS) is 10.8. The van der Waals surface area contributed by atoms with Crippen molar-refractivity contribution in [2.45, 2.75) is 27.7 Å². The number of guanidine groups is 1. The number of amides is 2. The molecule has 2 amide bonds. The standard InChI is InChI=1S/C20H32FN5O2.HI/c1-6-22-20(25(5)14-18(27)26(7-2)8-3)24-12-11-23-19(28)16-10-9-15(4)17(21)13-16;/h9-10,13H,6-8,11-12,14H2,1-5H3,(H,22,24)(H,23,28);1H. The summed E-state index contributed by atoms with van der Waals surface area (Å²) >= 11 is 0. The molecule has 1 rings (SSSR count). The number of benzene rings is 1. The molecule has 9 heteroatoms. The lowest BCUT2D eigenvalue weighted by Crippen LogP contribution is -2.46. The Morgan fingerprint density at radius 3 is 2.34 bits per heavy atom. The van der Waals surface area contributed by atoms with E-state index in [1.54, 1.807) is 35.9 Å². The molecule has 0 saturated heterocycles. The number of carbonyl (C=O) groups excluding carboxylic acids is 2. The molecule has 0 aliphatic rings. The van der Waals surface area contributed by atoms with E-state index >= 15 is 0 Å². The van der Waals surface area contributed by atoms with Crippen molar-refractivity contribution in [3.8, 4) is 0 Å². The van der Waals surface area contributed by atoms with Crippen molar-refractivity contribution >= 4 is 41.8 Å². The smallest absolute Gasteiger partial charge is 0.251 e. The molecule has 29 heavy (non-hydrogen) atoms. The molecule has 1 aromatic carbocycles. The zero-order valence-corrected chi connectivity index (χ0v) is 20.2. The van der Waals surface area contributed by atoms with Crippen LogP contribution in [0.4, 0.5) is 4.39 Å². The maximum atomic E-state index is 13.6. The number of aryl methyl sites for hydroxylation is 1. The van der Waals surface area contributed by atoms with E-state index in [2.05, 4.69) is 15.6 Å². The van der Waals surface area contributed by atoms with E-state index in [1.807, 2.05) is 20.8 Å². The van der Waals surface area contributed by atoms with E-state index in [0.717, 1.165) is 0 Å². The van der Waals surface area contributed by atoms with Gasteiger partial charge in [-0.05, 0) is 45.4 Å². The molecule has 0 aromatic heterocycles. The van der Waals surface area contributed by atoms with E-state index in [0.29, 0.717) is 44.2 Å². The number of hydrogen-bond acceptors (Lipinski definition) is 3. The highest BCUT2D eigenvalue weighted by molar-refractivity contribution is 14.0. The predicted molar refractivity (Wildman–Crippen MR) is 125 cm³/mol. The molecular weight excluding hydrogens is 488 g/mol. The summed E-state index contributed by atoms with van der Waals surface area (Å²) in [5.41, 5.74) is 0.777. The van der Waals surface area contributed by atoms with Gasteiger partial charge in [0.25, 0.3) is 5.91 Å². The molecule has 0 aliphatic heterocycles. The summed E-state index contributed by atoms with van der Waals surface area (Å²) in [5, 5.41) is 5.86. The van der Waals surface area contributed by atoms with Gasteiger partial charge in [-0.3, -0.25) is 14.6 Å². The van der Waals surface area contributed by atoms with Gasteiger partial charge in [0.2, 0.25) is 5.91 Å². The van der Waals surface area contributed by atoms with Crippen molar-refractivity contribution in [2.24, 2.45) is 4.99 Å². The average molecular weight is 521 g/mol. The number of aliphatic imine (C=N–C) groups is 1. The van der Waals surface area contributed by atoms with E-state index < -0.39 is 5.82 Å². The highest BCUT2D eigenvalue weighted by Gasteiger charge is 2.15. The van der Waals surface area contributed by atoms with Crippen LogP contribution in [-0.4, -0.2) is 73.9 Å². The van der Waals surface area contributed by atoms with Gasteiger partial charge in [-0.15, -0.1) is 24.0 Å². The molecule has 0 aliphatic carbocycles. The van der Waals surface area contributed by atoms with Crippen molar-refractivity contribution in [2.75, 3.05) is 46.3 Å². The largest absolute Gasteiger partial charge is 0.357 e. The molecular formula is C20H33FIN5O2. The summed E-state index contributed by atoms with van der Waals surface area (Å²) in [5.74, 6) is -0.116. The minimum Gasteiger partial charge on any atom is -0.357 e. The first kappa shape index (κ1) is 27.1. The van der Waals surface area contributed by atoms with E-state index in [9.17, 15) is 14.0 Å². The summed E-state index contributed by atoms with van der Waals surface area (Å²) in [4.78, 5) is 32.3. The third-order valence-electron chi connectivity index (χ3n) is 4.28. The zero-order chi connectivity index (χ0) is 21.1. The number of halogens is 2. The fraction of sp³-hybridized carbons (Fsp3) is 0.550. The Morgan fingerprint density at radius 2 is 1.79 bits per heavy atom. The van der Waals surface area contributed by atoms with Crippen molar-refractivity contribution in [1.82, 2.24) is 20.4 Å². The molecule has 0 saturated carbocycles. The fourth-order valence-electron chi connectivity index (χ4n) is 2.59. The third kappa shape index (κ3) is 8.97. The van der Waals surface area contributed by atoms with Crippen LogP contribution in [0.25, 0.3) is 0 Å². The van der Waals surface area contributed by atoms with Gasteiger partial charge in [0.1, 0.15) is 5.82 Å². The maximum Gasteiger partial charge on any atom is 0.251 e. The highest BCUT2D eigenvalue weighted by atomic mass is 127. The zero-order valence-electron chi connectivity index (χ0n) is 17.9. The summed E-state index contributed by atoms with van der Waals surface area (Å²) in [7, 11) is 1.80. The molecule has 164 valence electrons. The second-order valence-corrected chi connectivity index (χ2v) is 6.38. The van der Waals surface area contributed by atoms with Gasteiger partial charge >= 0.3 is 0 Å². The Labute approximate surface area is 190 Å². The van der Waals surface area contributed by atoms with Crippen molar-refractivity contribution in [1.29, 1.82) is 0 Å². The number of nitrogens with zero attached hydrogens (tertiary/aromatic N) is 3. The van der Waals surface area contributed by atoms with Crippen LogP contribution in [0.1, 0.15) is 36.7 Å². The van der Waals surface area contributed by atoms with Gasteiger partial charge in [-0.1, -0.05) is 6.07 Å². The average Bonchev–Trinajstić information content (AvgIpc) is 2.67. The Balaban J connectivity index is 0.00000784. The van der Waals surface area contributed by atoms with E-state index in [1.165, 1.54) is 6.07 Å². The number of carbonyl (C=O) groups is 2. The molecule has 0 bridgehead atoms. The highest BCUT2D eigenvalue weighted by Crippen LogP contribution is 2.08. The SMILES string of the molecule is CCNC(=NCCNC(=O)c1ccc(C)c(F)c1)N(C)CC(=O)N(CC)CC.I. The molecule has 0 spiro atoms. The summed E-state index contributed by atoms with van der Waals surface area (Å²) in [6.45, 7) is 10.4. The van der Waals surface area contributed by atoms with Crippen molar-refractivity contribution < 1.29 is 14.0 Å². The van der Waals surface area contributed by atoms with Crippen LogP contribution in [0.15, 0.2) is 23.2 Å². The molecule has 0 unspecified atom stereocenters. The van der Waals surface area contributed by atoms with Crippen LogP contribution >= 0.6 is 24.0 Å². The lowest BCUT2D eigenvalue weighted by Gasteiger charge is -2.25. The lowest BCUT2D eigenvalue weighted by molar-refractivity contribution is -0.131. The summed E-state index contributed by atoms with van der Waals surface area (Å²) in [6.07, 6.45) is 0. The molecule has 1 aromatic rings. The predicted octanol–water partition coefficient (Wildman–Crippen LogP) is 2.25. The van der Waals surface area contributed by atoms with Crippen LogP contribution in [0.5, 0.6) is 0 Å². The Kier molecular flexibility index (Phi) is 13.2. The number of rotatable bonds is 9. The number of hydrogen-bond donors (Lipinski definition) is 2. The Morgan fingerprint density at radius 1 is 1.14 bits per heavy atom. The van der Waals surface area contributed by atoms with Crippen LogP contribution in [-0.2, 0) is 4.79 Å². The number of nitrogens with one attached hydrogen (secondary N) is 2. The monoisotopic (exact) mass is 521 g/mol. The second kappa shape index (κ2) is 14.1. The molecule has 0 heterocycles. The minimum absolute atomic E-state index is 0. The van der Waals surface area contributed by atoms with Crippen LogP contribution in [0, 0.1) is 12.7 Å². The molecule has 0 radical (unpaired) electrons. The first-order valence-corrected chi connectivity index (χ1v) is 9.65. The van der Waals surface area contributed by atoms with Gasteiger partial charge < -0.3 is 20.4 Å². The molecule has 2 N–H and O–H groups in total. The van der Waals surface area contributed by atoms with Gasteiger partial charge in [-0.2, -0.15) is 0 Å². The van der Waals surface area contributed by atoms with Crippen LogP contribution in [0.3, 0.4) is 0 Å². The van der Waals surface area contributed by atoms with Crippen LogP contribution in [0.2, 0.25) is 0 Å². The Bertz CT molecular complexity index is 695. The number of likely N-dealkylation sites (N-methyl/N-ethyl adjacent to an activating group) is 2. The molecule has 7 nitrogen and oxygen atoms in total. The minimum atomic E-state index is -0.403. The van der Waals surface area contributed by atoms with E-state index in [4.69, 9.17) is 0 Å². The van der Waals surface area contributed by atoms with E-state index in [-0.39, 0.29) is 47.9 Å². The van der Waals surface area contributed by atoms with Crippen molar-refractivity contribution in [3.05, 3.63) is 35.1 Å². The van der Waals surface area contributed by atoms with Gasteiger partial charge in [0.15, 0.2) is 5.96 Å². The first-order chi connectivity index (χ1) is 13.3. The molecule has 0 fully saturated rings. The van der Waals surface area contributed by atoms with Crippen molar-refractivity contribution in [3.63, 3.8) is 0 Å². The fourth-order valence-corrected chi connectivity index (χ4v) is 2.59. The topological polar surface area (TPSA) is 77.0 Å². The Hall–Kier alpha value is -1.91. The van der Waals surface area contributed by atoms with Gasteiger partial charge in [0, 0.05) is 38.8 Å². The molecule has 0 atom stereocenters. The van der Waals surface area contributed by atoms with Crippen LogP contribution < -0.4 is 10.6 Å². The quantitative estimate of drug-likeness (QED) is 0.226. The first-order valence-electron chi connectivity index (χ1n) is 9.65. The lowest BCUT2D eigenvalue weighted by atomic mass is 10.1. The maximum absolute atomic E-state index is 13.6.